The zero-order valence-electron chi connectivity index (χ0n) is 11.8. The predicted molar refractivity (Wildman–Crippen MR) is 77.8 cm³/mol. The summed E-state index contributed by atoms with van der Waals surface area (Å²) in [4.78, 5) is 0. The van der Waals surface area contributed by atoms with Crippen molar-refractivity contribution in [1.82, 2.24) is 0 Å². The molecule has 96 valence electrons. The maximum Gasteiger partial charge on any atom is 0.0374 e. The van der Waals surface area contributed by atoms with Gasteiger partial charge in [-0.3, -0.25) is 0 Å². The van der Waals surface area contributed by atoms with Crippen molar-refractivity contribution in [2.24, 2.45) is 0 Å². The van der Waals surface area contributed by atoms with E-state index in [1.807, 2.05) is 0 Å². The molecule has 0 aliphatic heterocycles. The summed E-state index contributed by atoms with van der Waals surface area (Å²) in [7, 11) is 0. The minimum Gasteiger partial charge on any atom is -0.382 e. The molecule has 1 rings (SSSR count). The molecule has 17 heavy (non-hydrogen) atoms. The van der Waals surface area contributed by atoms with Gasteiger partial charge in [-0.25, -0.2) is 0 Å². The van der Waals surface area contributed by atoms with Gasteiger partial charge in [-0.05, 0) is 44.4 Å². The molecule has 0 aliphatic carbocycles. The molecule has 1 heteroatoms. The van der Waals surface area contributed by atoms with Gasteiger partial charge in [0.2, 0.25) is 0 Å². The van der Waals surface area contributed by atoms with Gasteiger partial charge in [0.25, 0.3) is 0 Å². The van der Waals surface area contributed by atoms with Gasteiger partial charge in [-0.1, -0.05) is 44.7 Å². The van der Waals surface area contributed by atoms with Crippen molar-refractivity contribution in [3.8, 4) is 0 Å². The van der Waals surface area contributed by atoms with E-state index in [-0.39, 0.29) is 0 Å². The van der Waals surface area contributed by atoms with Crippen LogP contribution in [0.25, 0.3) is 0 Å². The normalized spacial score (nSPS) is 12.5. The number of unbranched alkanes of at least 4 members (excludes halogenated alkanes) is 3. The van der Waals surface area contributed by atoms with Crippen molar-refractivity contribution in [3.05, 3.63) is 29.3 Å². The Balaban J connectivity index is 2.39. The highest BCUT2D eigenvalue weighted by Crippen LogP contribution is 2.20. The summed E-state index contributed by atoms with van der Waals surface area (Å²) < 4.78 is 0. The first-order valence-electron chi connectivity index (χ1n) is 6.98. The fraction of sp³-hybridized carbons (Fsp3) is 0.625. The highest BCUT2D eigenvalue weighted by Gasteiger charge is 2.05. The monoisotopic (exact) mass is 233 g/mol. The summed E-state index contributed by atoms with van der Waals surface area (Å²) in [5.41, 5.74) is 4.05. The van der Waals surface area contributed by atoms with Crippen molar-refractivity contribution in [2.45, 2.75) is 65.8 Å². The van der Waals surface area contributed by atoms with E-state index in [9.17, 15) is 0 Å². The van der Waals surface area contributed by atoms with Crippen LogP contribution in [-0.2, 0) is 0 Å². The zero-order valence-corrected chi connectivity index (χ0v) is 11.8. The quantitative estimate of drug-likeness (QED) is 0.648. The van der Waals surface area contributed by atoms with Crippen LogP contribution in [0.15, 0.2) is 18.2 Å². The van der Waals surface area contributed by atoms with Crippen LogP contribution in [-0.4, -0.2) is 6.04 Å². The lowest BCUT2D eigenvalue weighted by atomic mass is 10.1. The molecule has 0 spiro atoms. The standard InChI is InChI=1S/C16H27N/c1-5-6-7-8-11-14(3)17-16-12-9-10-13(2)15(16)4/h9-10,12,14,17H,5-8,11H2,1-4H3. The second-order valence-electron chi connectivity index (χ2n) is 5.14. The molecule has 0 saturated heterocycles. The fourth-order valence-electron chi connectivity index (χ4n) is 2.12. The summed E-state index contributed by atoms with van der Waals surface area (Å²) in [6.07, 6.45) is 6.67. The molecular formula is C16H27N. The van der Waals surface area contributed by atoms with Gasteiger partial charge < -0.3 is 5.32 Å². The van der Waals surface area contributed by atoms with E-state index in [0.717, 1.165) is 0 Å². The van der Waals surface area contributed by atoms with Crippen LogP contribution in [0.1, 0.15) is 57.1 Å². The van der Waals surface area contributed by atoms with E-state index in [1.165, 1.54) is 48.9 Å². The number of aryl methyl sites for hydroxylation is 1. The Morgan fingerprint density at radius 1 is 1.12 bits per heavy atom. The van der Waals surface area contributed by atoms with E-state index >= 15 is 0 Å². The van der Waals surface area contributed by atoms with Crippen molar-refractivity contribution in [2.75, 3.05) is 5.32 Å². The number of benzene rings is 1. The second-order valence-corrected chi connectivity index (χ2v) is 5.14. The Morgan fingerprint density at radius 2 is 1.88 bits per heavy atom. The molecule has 0 heterocycles. The minimum atomic E-state index is 0.576. The third kappa shape index (κ3) is 4.80. The van der Waals surface area contributed by atoms with E-state index < -0.39 is 0 Å². The van der Waals surface area contributed by atoms with Crippen molar-refractivity contribution >= 4 is 5.69 Å². The molecule has 0 aliphatic rings. The van der Waals surface area contributed by atoms with Crippen LogP contribution in [0.3, 0.4) is 0 Å². The molecule has 0 saturated carbocycles. The summed E-state index contributed by atoms with van der Waals surface area (Å²) in [5, 5.41) is 3.63. The molecule has 0 fully saturated rings. The summed E-state index contributed by atoms with van der Waals surface area (Å²) in [6.45, 7) is 8.92. The second kappa shape index (κ2) is 7.37. The van der Waals surface area contributed by atoms with Crippen LogP contribution in [0.4, 0.5) is 5.69 Å². The van der Waals surface area contributed by atoms with E-state index in [2.05, 4.69) is 51.2 Å². The molecule has 0 bridgehead atoms. The van der Waals surface area contributed by atoms with Gasteiger partial charge in [-0.2, -0.15) is 0 Å². The molecule has 1 N–H and O–H groups in total. The van der Waals surface area contributed by atoms with Gasteiger partial charge in [-0.15, -0.1) is 0 Å². The Labute approximate surface area is 107 Å². The lowest BCUT2D eigenvalue weighted by Gasteiger charge is -2.18. The Hall–Kier alpha value is -0.980. The molecule has 1 unspecified atom stereocenters. The highest BCUT2D eigenvalue weighted by molar-refractivity contribution is 5.54. The maximum absolute atomic E-state index is 3.63. The molecule has 1 nitrogen and oxygen atoms in total. The molecule has 1 atom stereocenters. The van der Waals surface area contributed by atoms with E-state index in [0.29, 0.717) is 6.04 Å². The largest absolute Gasteiger partial charge is 0.382 e. The summed E-state index contributed by atoms with van der Waals surface area (Å²) in [6, 6.07) is 7.07. The minimum absolute atomic E-state index is 0.576. The topological polar surface area (TPSA) is 12.0 Å². The molecule has 0 amide bonds. The number of anilines is 1. The first-order valence-corrected chi connectivity index (χ1v) is 6.98. The number of rotatable bonds is 7. The highest BCUT2D eigenvalue weighted by atomic mass is 14.9. The van der Waals surface area contributed by atoms with Gasteiger partial charge >= 0.3 is 0 Å². The van der Waals surface area contributed by atoms with Crippen LogP contribution >= 0.6 is 0 Å². The zero-order chi connectivity index (χ0) is 12.7. The fourth-order valence-corrected chi connectivity index (χ4v) is 2.12. The Morgan fingerprint density at radius 3 is 2.59 bits per heavy atom. The van der Waals surface area contributed by atoms with Crippen LogP contribution in [0.2, 0.25) is 0 Å². The van der Waals surface area contributed by atoms with Crippen LogP contribution < -0.4 is 5.32 Å². The average Bonchev–Trinajstić information content (AvgIpc) is 2.31. The lowest BCUT2D eigenvalue weighted by Crippen LogP contribution is -2.15. The molecule has 1 aromatic carbocycles. The predicted octanol–water partition coefficient (Wildman–Crippen LogP) is 5.07. The Bertz CT molecular complexity index is 330. The van der Waals surface area contributed by atoms with E-state index in [1.54, 1.807) is 0 Å². The van der Waals surface area contributed by atoms with Gasteiger partial charge in [0.15, 0.2) is 0 Å². The first kappa shape index (κ1) is 14.1. The van der Waals surface area contributed by atoms with E-state index in [4.69, 9.17) is 0 Å². The van der Waals surface area contributed by atoms with Gasteiger partial charge in [0.1, 0.15) is 0 Å². The van der Waals surface area contributed by atoms with Crippen LogP contribution in [0, 0.1) is 13.8 Å². The SMILES string of the molecule is CCCCCCC(C)Nc1cccc(C)c1C. The molecule has 0 radical (unpaired) electrons. The third-order valence-corrected chi connectivity index (χ3v) is 3.50. The average molecular weight is 233 g/mol. The summed E-state index contributed by atoms with van der Waals surface area (Å²) >= 11 is 0. The smallest absolute Gasteiger partial charge is 0.0374 e. The third-order valence-electron chi connectivity index (χ3n) is 3.50. The van der Waals surface area contributed by atoms with Gasteiger partial charge in [0.05, 0.1) is 0 Å². The number of hydrogen-bond donors (Lipinski definition) is 1. The van der Waals surface area contributed by atoms with Crippen molar-refractivity contribution in [3.63, 3.8) is 0 Å². The number of nitrogens with one attached hydrogen (secondary N) is 1. The summed E-state index contributed by atoms with van der Waals surface area (Å²) in [5.74, 6) is 0. The van der Waals surface area contributed by atoms with Gasteiger partial charge in [0, 0.05) is 11.7 Å². The van der Waals surface area contributed by atoms with Crippen molar-refractivity contribution < 1.29 is 0 Å². The Kier molecular flexibility index (Phi) is 6.10. The first-order chi connectivity index (χ1) is 8.15. The molecule has 1 aromatic rings. The lowest BCUT2D eigenvalue weighted by molar-refractivity contribution is 0.594. The maximum atomic E-state index is 3.63. The molecular weight excluding hydrogens is 206 g/mol. The van der Waals surface area contributed by atoms with Crippen LogP contribution in [0.5, 0.6) is 0 Å². The van der Waals surface area contributed by atoms with Crippen molar-refractivity contribution in [1.29, 1.82) is 0 Å². The number of hydrogen-bond acceptors (Lipinski definition) is 1. The molecule has 0 aromatic heterocycles.